The van der Waals surface area contributed by atoms with Crippen LogP contribution in [0.4, 0.5) is 0 Å². The van der Waals surface area contributed by atoms with Crippen molar-refractivity contribution in [1.29, 1.82) is 0 Å². The van der Waals surface area contributed by atoms with Gasteiger partial charge in [-0.15, -0.1) is 0 Å². The van der Waals surface area contributed by atoms with Crippen molar-refractivity contribution in [3.05, 3.63) is 23.8 Å². The van der Waals surface area contributed by atoms with Gasteiger partial charge in [0.25, 0.3) is 0 Å². The van der Waals surface area contributed by atoms with Gasteiger partial charge >= 0.3 is 0 Å². The number of allylic oxidation sites excluding steroid dienone is 2. The maximum atomic E-state index is 5.94. The third-order valence-corrected chi connectivity index (χ3v) is 2.05. The van der Waals surface area contributed by atoms with Crippen molar-refractivity contribution in [2.24, 2.45) is 5.73 Å². The van der Waals surface area contributed by atoms with Gasteiger partial charge < -0.3 is 11.2 Å². The second-order valence-electron chi connectivity index (χ2n) is 5.25. The zero-order valence-electron chi connectivity index (χ0n) is 13.7. The summed E-state index contributed by atoms with van der Waals surface area (Å²) in [6.45, 7) is 12.3. The van der Waals surface area contributed by atoms with Gasteiger partial charge in [-0.3, -0.25) is 0 Å². The predicted octanol–water partition coefficient (Wildman–Crippen LogP) is 4.55. The van der Waals surface area contributed by atoms with E-state index in [1.165, 1.54) is 24.8 Å². The highest BCUT2D eigenvalue weighted by Crippen LogP contribution is 2.14. The smallest absolute Gasteiger partial charge is 0.0291 e. The van der Waals surface area contributed by atoms with Crippen LogP contribution in [0.2, 0.25) is 0 Å². The normalized spacial score (nSPS) is 14.8. The van der Waals surface area contributed by atoms with Gasteiger partial charge in [0, 0.05) is 12.2 Å². The van der Waals surface area contributed by atoms with Gasteiger partial charge in [0.1, 0.15) is 0 Å². The fourth-order valence-electron chi connectivity index (χ4n) is 1.39. The van der Waals surface area contributed by atoms with Crippen molar-refractivity contribution in [3.63, 3.8) is 0 Å². The van der Waals surface area contributed by atoms with E-state index in [4.69, 9.17) is 5.73 Å². The average molecular weight is 292 g/mol. The topological polar surface area (TPSA) is 57.5 Å². The van der Waals surface area contributed by atoms with E-state index in [0.29, 0.717) is 0 Å². The third-order valence-electron chi connectivity index (χ3n) is 2.05. The minimum absolute atomic E-state index is 0. The Labute approximate surface area is 127 Å². The van der Waals surface area contributed by atoms with Crippen molar-refractivity contribution in [2.75, 3.05) is 0 Å². The van der Waals surface area contributed by atoms with Crippen LogP contribution in [0.5, 0.6) is 0 Å². The summed E-state index contributed by atoms with van der Waals surface area (Å²) < 4.78 is 0.194. The Bertz CT molecular complexity index is 241. The van der Waals surface area contributed by atoms with Gasteiger partial charge in [-0.2, -0.15) is 12.6 Å². The summed E-state index contributed by atoms with van der Waals surface area (Å²) >= 11 is 4.12. The molecule has 118 valence electrons. The van der Waals surface area contributed by atoms with Gasteiger partial charge in [0.15, 0.2) is 0 Å². The maximum absolute atomic E-state index is 5.94. The van der Waals surface area contributed by atoms with E-state index in [0.717, 1.165) is 6.42 Å². The number of nitrogens with two attached hydrogens (primary N) is 1. The van der Waals surface area contributed by atoms with E-state index < -0.39 is 0 Å². The molecule has 0 fully saturated rings. The summed E-state index contributed by atoms with van der Waals surface area (Å²) in [6.07, 6.45) is 11.3. The number of hydrogen-bond acceptors (Lipinski definition) is 2. The van der Waals surface area contributed by atoms with Crippen LogP contribution in [0.25, 0.3) is 0 Å². The molecule has 0 saturated carbocycles. The number of thiol groups is 1. The summed E-state index contributed by atoms with van der Waals surface area (Å²) in [4.78, 5) is 0. The quantitative estimate of drug-likeness (QED) is 0.736. The minimum Gasteiger partial charge on any atom is -0.412 e. The SMILES string of the molecule is CC.CC(C)(C)S.CCCC(N)C1=CCCC=C1.O.[HH]. The fourth-order valence-corrected chi connectivity index (χ4v) is 1.39. The van der Waals surface area contributed by atoms with E-state index in [1.807, 2.05) is 13.8 Å². The van der Waals surface area contributed by atoms with Gasteiger partial charge in [-0.1, -0.05) is 66.2 Å². The molecule has 1 atom stereocenters. The lowest BCUT2D eigenvalue weighted by atomic mass is 9.98. The van der Waals surface area contributed by atoms with Crippen molar-refractivity contribution in [2.45, 2.75) is 78.0 Å². The fraction of sp³-hybridized carbons (Fsp3) is 0.750. The summed E-state index contributed by atoms with van der Waals surface area (Å²) in [5.74, 6) is 0. The highest BCUT2D eigenvalue weighted by molar-refractivity contribution is 7.81. The Morgan fingerprint density at radius 3 is 2.11 bits per heavy atom. The Morgan fingerprint density at radius 1 is 1.32 bits per heavy atom. The Hall–Kier alpha value is -0.250. The maximum Gasteiger partial charge on any atom is 0.0291 e. The molecule has 2 nitrogen and oxygen atoms in total. The van der Waals surface area contributed by atoms with Crippen LogP contribution in [-0.2, 0) is 0 Å². The molecule has 1 aliphatic rings. The van der Waals surface area contributed by atoms with E-state index in [-0.39, 0.29) is 17.7 Å². The van der Waals surface area contributed by atoms with Crippen LogP contribution in [0.15, 0.2) is 23.8 Å². The molecule has 1 rings (SSSR count). The molecule has 0 bridgehead atoms. The minimum atomic E-state index is 0. The molecular formula is C16H37NOS. The molecular weight excluding hydrogens is 254 g/mol. The van der Waals surface area contributed by atoms with Gasteiger partial charge in [0.2, 0.25) is 0 Å². The lowest BCUT2D eigenvalue weighted by molar-refractivity contribution is 0.678. The summed E-state index contributed by atoms with van der Waals surface area (Å²) in [5.41, 5.74) is 7.27. The molecule has 3 heteroatoms. The second-order valence-corrected chi connectivity index (χ2v) is 6.59. The Balaban J connectivity index is -0.000000124. The first-order valence-electron chi connectivity index (χ1n) is 7.19. The Morgan fingerprint density at radius 2 is 1.79 bits per heavy atom. The molecule has 0 heterocycles. The molecule has 0 radical (unpaired) electrons. The van der Waals surface area contributed by atoms with E-state index in [9.17, 15) is 0 Å². The van der Waals surface area contributed by atoms with Crippen LogP contribution in [-0.4, -0.2) is 16.3 Å². The van der Waals surface area contributed by atoms with Crippen LogP contribution in [0, 0.1) is 0 Å². The summed E-state index contributed by atoms with van der Waals surface area (Å²) in [6, 6.07) is 0.275. The molecule has 0 aliphatic heterocycles. The number of hydrogen-bond donors (Lipinski definition) is 2. The zero-order chi connectivity index (χ0) is 14.6. The predicted molar refractivity (Wildman–Crippen MR) is 95.2 cm³/mol. The standard InChI is InChI=1S/C10H17N.C4H10S.C2H6.H2O.H2/c1-2-6-10(11)9-7-4-3-5-8-9;1-4(2,3)5;1-2;;/h4,7-8,10H,2-3,5-6,11H2,1H3;5H,1-3H3;1-2H3;1H2;1H. The molecule has 1 aliphatic carbocycles. The van der Waals surface area contributed by atoms with Gasteiger partial charge in [0.05, 0.1) is 0 Å². The summed E-state index contributed by atoms with van der Waals surface area (Å²) in [5, 5.41) is 0. The monoisotopic (exact) mass is 291 g/mol. The van der Waals surface area contributed by atoms with Crippen LogP contribution in [0.1, 0.15) is 68.7 Å². The molecule has 19 heavy (non-hydrogen) atoms. The van der Waals surface area contributed by atoms with Crippen molar-refractivity contribution >= 4 is 12.6 Å². The highest BCUT2D eigenvalue weighted by Gasteiger charge is 2.06. The first-order chi connectivity index (χ1) is 8.34. The van der Waals surface area contributed by atoms with Crippen molar-refractivity contribution in [3.8, 4) is 0 Å². The first kappa shape index (κ1) is 23.8. The van der Waals surface area contributed by atoms with Crippen LogP contribution < -0.4 is 5.73 Å². The van der Waals surface area contributed by atoms with Gasteiger partial charge in [-0.05, 0) is 24.8 Å². The zero-order valence-corrected chi connectivity index (χ0v) is 14.6. The number of rotatable bonds is 3. The summed E-state index contributed by atoms with van der Waals surface area (Å²) in [7, 11) is 0. The highest BCUT2D eigenvalue weighted by atomic mass is 32.1. The van der Waals surface area contributed by atoms with Crippen molar-refractivity contribution in [1.82, 2.24) is 0 Å². The van der Waals surface area contributed by atoms with E-state index in [1.54, 1.807) is 0 Å². The van der Waals surface area contributed by atoms with Gasteiger partial charge in [-0.25, -0.2) is 0 Å². The third kappa shape index (κ3) is 20.2. The molecule has 0 saturated heterocycles. The first-order valence-corrected chi connectivity index (χ1v) is 7.64. The Kier molecular flexibility index (Phi) is 17.8. The average Bonchev–Trinajstić information content (AvgIpc) is 2.31. The lowest BCUT2D eigenvalue weighted by Gasteiger charge is -2.14. The molecule has 0 aromatic carbocycles. The lowest BCUT2D eigenvalue weighted by Crippen LogP contribution is -2.21. The second kappa shape index (κ2) is 14.2. The molecule has 0 aromatic rings. The van der Waals surface area contributed by atoms with E-state index >= 15 is 0 Å². The molecule has 0 spiro atoms. The van der Waals surface area contributed by atoms with E-state index in [2.05, 4.69) is 58.6 Å². The van der Waals surface area contributed by atoms with Crippen molar-refractivity contribution < 1.29 is 6.90 Å². The molecule has 0 aromatic heterocycles. The molecule has 0 amide bonds. The largest absolute Gasteiger partial charge is 0.412 e. The molecule has 1 unspecified atom stereocenters. The van der Waals surface area contributed by atoms with Crippen LogP contribution in [0.3, 0.4) is 0 Å². The van der Waals surface area contributed by atoms with Crippen LogP contribution >= 0.6 is 12.6 Å². The molecule has 4 N–H and O–H groups in total.